The highest BCUT2D eigenvalue weighted by atomic mass is 32.1. The van der Waals surface area contributed by atoms with Gasteiger partial charge in [0, 0.05) is 18.6 Å². The van der Waals surface area contributed by atoms with Gasteiger partial charge in [0.1, 0.15) is 0 Å². The summed E-state index contributed by atoms with van der Waals surface area (Å²) in [4.78, 5) is 2.34. The maximum atomic E-state index is 6.23. The molecule has 3 heteroatoms. The zero-order chi connectivity index (χ0) is 13.8. The van der Waals surface area contributed by atoms with Crippen molar-refractivity contribution in [3.8, 4) is 0 Å². The van der Waals surface area contributed by atoms with Gasteiger partial charge in [0.2, 0.25) is 0 Å². The molecule has 0 amide bonds. The number of benzene rings is 1. The van der Waals surface area contributed by atoms with Crippen LogP contribution in [0, 0.1) is 6.92 Å². The molecule has 2 aromatic rings. The summed E-state index contributed by atoms with van der Waals surface area (Å²) < 4.78 is 0. The predicted molar refractivity (Wildman–Crippen MR) is 83.4 cm³/mol. The molecule has 19 heavy (non-hydrogen) atoms. The molecule has 0 saturated heterocycles. The lowest BCUT2D eigenvalue weighted by molar-refractivity contribution is 0.210. The second-order valence-corrected chi connectivity index (χ2v) is 5.99. The van der Waals surface area contributed by atoms with E-state index in [1.807, 2.05) is 0 Å². The fourth-order valence-electron chi connectivity index (χ4n) is 2.61. The minimum Gasteiger partial charge on any atom is -0.326 e. The molecule has 1 aromatic carbocycles. The molecule has 1 heterocycles. The highest BCUT2D eigenvalue weighted by Gasteiger charge is 2.22. The maximum absolute atomic E-state index is 6.23. The third-order valence-corrected chi connectivity index (χ3v) is 4.22. The van der Waals surface area contributed by atoms with Crippen LogP contribution in [0.1, 0.15) is 29.7 Å². The van der Waals surface area contributed by atoms with Crippen molar-refractivity contribution >= 4 is 11.3 Å². The van der Waals surface area contributed by atoms with E-state index in [4.69, 9.17) is 5.73 Å². The Bertz CT molecular complexity index is 505. The van der Waals surface area contributed by atoms with E-state index >= 15 is 0 Å². The molecular weight excluding hydrogens is 252 g/mol. The Morgan fingerprint density at radius 2 is 2.00 bits per heavy atom. The lowest BCUT2D eigenvalue weighted by Gasteiger charge is -2.32. The fraction of sp³-hybridized carbons (Fsp3) is 0.375. The smallest absolute Gasteiger partial charge is 0.0499 e. The number of thiophene rings is 1. The Balaban J connectivity index is 2.23. The van der Waals surface area contributed by atoms with Crippen LogP contribution >= 0.6 is 11.3 Å². The van der Waals surface area contributed by atoms with E-state index in [1.54, 1.807) is 11.3 Å². The number of hydrogen-bond donors (Lipinski definition) is 1. The molecular formula is C16H22N2S. The number of rotatable bonds is 5. The van der Waals surface area contributed by atoms with E-state index in [1.165, 1.54) is 16.7 Å². The molecule has 2 unspecified atom stereocenters. The zero-order valence-electron chi connectivity index (χ0n) is 11.8. The standard InChI is InChI=1S/C16H22N2S/c1-12-6-4-5-7-15(12)16(13(2)17)18(3)10-14-8-9-19-11-14/h4-9,11,13,16H,10,17H2,1-3H3. The second kappa shape index (κ2) is 6.33. The average molecular weight is 274 g/mol. The van der Waals surface area contributed by atoms with Crippen LogP contribution < -0.4 is 5.73 Å². The van der Waals surface area contributed by atoms with Gasteiger partial charge in [0.05, 0.1) is 0 Å². The average Bonchev–Trinajstić information content (AvgIpc) is 2.84. The van der Waals surface area contributed by atoms with Crippen LogP contribution in [0.5, 0.6) is 0 Å². The minimum atomic E-state index is 0.102. The van der Waals surface area contributed by atoms with Gasteiger partial charge in [-0.2, -0.15) is 11.3 Å². The highest BCUT2D eigenvalue weighted by Crippen LogP contribution is 2.26. The van der Waals surface area contributed by atoms with Crippen molar-refractivity contribution in [3.63, 3.8) is 0 Å². The molecule has 0 aliphatic rings. The van der Waals surface area contributed by atoms with E-state index in [9.17, 15) is 0 Å². The summed E-state index contributed by atoms with van der Waals surface area (Å²) in [7, 11) is 2.15. The maximum Gasteiger partial charge on any atom is 0.0499 e. The van der Waals surface area contributed by atoms with Crippen LogP contribution in [0.4, 0.5) is 0 Å². The molecule has 0 fully saturated rings. The van der Waals surface area contributed by atoms with Crippen LogP contribution in [-0.2, 0) is 6.54 Å². The molecule has 2 atom stereocenters. The first-order valence-corrected chi connectivity index (χ1v) is 7.56. The molecule has 0 aliphatic heterocycles. The summed E-state index contributed by atoms with van der Waals surface area (Å²) in [6, 6.07) is 11.0. The molecule has 0 spiro atoms. The molecule has 0 bridgehead atoms. The summed E-state index contributed by atoms with van der Waals surface area (Å²) >= 11 is 1.74. The van der Waals surface area contributed by atoms with Gasteiger partial charge in [-0.1, -0.05) is 24.3 Å². The minimum absolute atomic E-state index is 0.102. The van der Waals surface area contributed by atoms with Gasteiger partial charge in [0.15, 0.2) is 0 Å². The Labute approximate surface area is 119 Å². The monoisotopic (exact) mass is 274 g/mol. The van der Waals surface area contributed by atoms with Crippen LogP contribution in [-0.4, -0.2) is 18.0 Å². The van der Waals surface area contributed by atoms with E-state index in [-0.39, 0.29) is 12.1 Å². The highest BCUT2D eigenvalue weighted by molar-refractivity contribution is 7.07. The summed E-state index contributed by atoms with van der Waals surface area (Å²) in [6.07, 6.45) is 0. The van der Waals surface area contributed by atoms with Gasteiger partial charge in [-0.25, -0.2) is 0 Å². The Kier molecular flexibility index (Phi) is 4.75. The van der Waals surface area contributed by atoms with Gasteiger partial charge in [-0.3, -0.25) is 4.90 Å². The first-order chi connectivity index (χ1) is 9.09. The summed E-state index contributed by atoms with van der Waals surface area (Å²) in [5.74, 6) is 0. The Morgan fingerprint density at radius 3 is 2.58 bits per heavy atom. The first kappa shape index (κ1) is 14.3. The second-order valence-electron chi connectivity index (χ2n) is 5.21. The molecule has 2 nitrogen and oxygen atoms in total. The quantitative estimate of drug-likeness (QED) is 0.903. The number of nitrogens with two attached hydrogens (primary N) is 1. The largest absolute Gasteiger partial charge is 0.326 e. The molecule has 2 N–H and O–H groups in total. The van der Waals surface area contributed by atoms with Crippen LogP contribution in [0.25, 0.3) is 0 Å². The van der Waals surface area contributed by atoms with Crippen molar-refractivity contribution in [2.24, 2.45) is 5.73 Å². The molecule has 0 radical (unpaired) electrons. The van der Waals surface area contributed by atoms with Gasteiger partial charge < -0.3 is 5.73 Å². The van der Waals surface area contributed by atoms with Crippen LogP contribution in [0.15, 0.2) is 41.1 Å². The Hall–Kier alpha value is -1.16. The van der Waals surface area contributed by atoms with Gasteiger partial charge in [-0.05, 0) is 54.4 Å². The molecule has 0 aliphatic carbocycles. The molecule has 0 saturated carbocycles. The summed E-state index contributed by atoms with van der Waals surface area (Å²) in [6.45, 7) is 5.18. The number of hydrogen-bond acceptors (Lipinski definition) is 3. The summed E-state index contributed by atoms with van der Waals surface area (Å²) in [5.41, 5.74) is 10.2. The lowest BCUT2D eigenvalue weighted by atomic mass is 9.95. The molecule has 1 aromatic heterocycles. The number of nitrogens with zero attached hydrogens (tertiary/aromatic N) is 1. The van der Waals surface area contributed by atoms with Crippen LogP contribution in [0.2, 0.25) is 0 Å². The lowest BCUT2D eigenvalue weighted by Crippen LogP contribution is -2.37. The first-order valence-electron chi connectivity index (χ1n) is 6.62. The van der Waals surface area contributed by atoms with E-state index in [2.05, 4.69) is 66.9 Å². The fourth-order valence-corrected chi connectivity index (χ4v) is 3.27. The topological polar surface area (TPSA) is 29.3 Å². The Morgan fingerprint density at radius 1 is 1.26 bits per heavy atom. The van der Waals surface area contributed by atoms with E-state index in [0.29, 0.717) is 0 Å². The normalized spacial score (nSPS) is 14.6. The summed E-state index contributed by atoms with van der Waals surface area (Å²) in [5, 5.41) is 4.32. The number of aryl methyl sites for hydroxylation is 1. The predicted octanol–water partition coefficient (Wildman–Crippen LogP) is 3.58. The third kappa shape index (κ3) is 3.44. The van der Waals surface area contributed by atoms with Gasteiger partial charge in [0.25, 0.3) is 0 Å². The SMILES string of the molecule is Cc1ccccc1C(C(C)N)N(C)Cc1ccsc1. The molecule has 2 rings (SSSR count). The van der Waals surface area contributed by atoms with Gasteiger partial charge >= 0.3 is 0 Å². The van der Waals surface area contributed by atoms with Crippen molar-refractivity contribution in [2.75, 3.05) is 7.05 Å². The van der Waals surface area contributed by atoms with E-state index < -0.39 is 0 Å². The van der Waals surface area contributed by atoms with Crippen molar-refractivity contribution in [2.45, 2.75) is 32.5 Å². The number of likely N-dealkylation sites (N-methyl/N-ethyl adjacent to an activating group) is 1. The van der Waals surface area contributed by atoms with Gasteiger partial charge in [-0.15, -0.1) is 0 Å². The molecule has 102 valence electrons. The van der Waals surface area contributed by atoms with Crippen molar-refractivity contribution in [3.05, 3.63) is 57.8 Å². The van der Waals surface area contributed by atoms with Crippen LogP contribution in [0.3, 0.4) is 0 Å². The zero-order valence-corrected chi connectivity index (χ0v) is 12.7. The van der Waals surface area contributed by atoms with Crippen molar-refractivity contribution < 1.29 is 0 Å². The third-order valence-electron chi connectivity index (χ3n) is 3.49. The van der Waals surface area contributed by atoms with E-state index in [0.717, 1.165) is 6.54 Å². The van der Waals surface area contributed by atoms with Crippen molar-refractivity contribution in [1.82, 2.24) is 4.90 Å². The van der Waals surface area contributed by atoms with Crippen molar-refractivity contribution in [1.29, 1.82) is 0 Å².